The number of nitrogens with two attached hydrogens (primary N) is 1. The van der Waals surface area contributed by atoms with Crippen LogP contribution >= 0.6 is 34.5 Å². The molecule has 29 heavy (non-hydrogen) atoms. The van der Waals surface area contributed by atoms with Crippen molar-refractivity contribution in [2.45, 2.75) is 32.2 Å². The van der Waals surface area contributed by atoms with E-state index in [1.807, 2.05) is 11.9 Å². The number of anilines is 2. The molecule has 4 rings (SSSR count). The molecule has 2 heterocycles. The predicted octanol–water partition coefficient (Wildman–Crippen LogP) is 4.53. The van der Waals surface area contributed by atoms with Crippen LogP contribution in [0.2, 0.25) is 10.0 Å². The third-order valence-corrected chi connectivity index (χ3v) is 6.76. The SMILES string of the molecule is CN(CC(=O)Nc1c(Cl)cccc1Cl)Cc1nc(N)c2c3c(sc2n1)CCCC3. The molecule has 0 radical (unpaired) electrons. The topological polar surface area (TPSA) is 84.1 Å². The fourth-order valence-corrected chi connectivity index (χ4v) is 5.42. The van der Waals surface area contributed by atoms with E-state index in [1.165, 1.54) is 23.3 Å². The van der Waals surface area contributed by atoms with Crippen LogP contribution in [0.3, 0.4) is 0 Å². The van der Waals surface area contributed by atoms with E-state index in [1.54, 1.807) is 29.5 Å². The van der Waals surface area contributed by atoms with Gasteiger partial charge in [-0.05, 0) is 50.4 Å². The number of carbonyl (C=O) groups is 1. The molecule has 1 aliphatic carbocycles. The quantitative estimate of drug-likeness (QED) is 0.597. The molecule has 0 saturated carbocycles. The number of benzene rings is 1. The average molecular weight is 450 g/mol. The van der Waals surface area contributed by atoms with Gasteiger partial charge in [0.05, 0.1) is 34.2 Å². The molecule has 152 valence electrons. The van der Waals surface area contributed by atoms with Crippen LogP contribution in [0.1, 0.15) is 29.1 Å². The number of nitrogen functional groups attached to an aromatic ring is 1. The second kappa shape index (κ2) is 8.44. The fraction of sp³-hybridized carbons (Fsp3) is 0.350. The summed E-state index contributed by atoms with van der Waals surface area (Å²) in [5.41, 5.74) is 8.01. The summed E-state index contributed by atoms with van der Waals surface area (Å²) in [4.78, 5) is 25.8. The molecule has 9 heteroatoms. The van der Waals surface area contributed by atoms with Crippen molar-refractivity contribution in [2.75, 3.05) is 24.6 Å². The van der Waals surface area contributed by atoms with Crippen molar-refractivity contribution in [2.24, 2.45) is 0 Å². The number of amides is 1. The van der Waals surface area contributed by atoms with Gasteiger partial charge < -0.3 is 11.1 Å². The van der Waals surface area contributed by atoms with Crippen molar-refractivity contribution in [3.05, 3.63) is 44.5 Å². The lowest BCUT2D eigenvalue weighted by Gasteiger charge is -2.16. The fourth-order valence-electron chi connectivity index (χ4n) is 3.64. The van der Waals surface area contributed by atoms with Gasteiger partial charge in [-0.3, -0.25) is 9.69 Å². The first-order valence-corrected chi connectivity index (χ1v) is 11.0. The molecule has 0 saturated heterocycles. The Balaban J connectivity index is 1.46. The van der Waals surface area contributed by atoms with Crippen LogP contribution in [0.15, 0.2) is 18.2 Å². The Morgan fingerprint density at radius 1 is 1.24 bits per heavy atom. The predicted molar refractivity (Wildman–Crippen MR) is 120 cm³/mol. The number of rotatable bonds is 5. The van der Waals surface area contributed by atoms with Gasteiger partial charge in [-0.1, -0.05) is 29.3 Å². The normalized spacial score (nSPS) is 13.7. The third kappa shape index (κ3) is 4.33. The van der Waals surface area contributed by atoms with E-state index >= 15 is 0 Å². The number of hydrogen-bond acceptors (Lipinski definition) is 6. The molecule has 1 aromatic carbocycles. The summed E-state index contributed by atoms with van der Waals surface area (Å²) in [5.74, 6) is 0.924. The summed E-state index contributed by atoms with van der Waals surface area (Å²) < 4.78 is 0. The highest BCUT2D eigenvalue weighted by Crippen LogP contribution is 2.37. The average Bonchev–Trinajstić information content (AvgIpc) is 3.03. The molecule has 0 spiro atoms. The Morgan fingerprint density at radius 2 is 1.97 bits per heavy atom. The largest absolute Gasteiger partial charge is 0.383 e. The van der Waals surface area contributed by atoms with Gasteiger partial charge in [0, 0.05) is 4.88 Å². The number of aryl methyl sites for hydroxylation is 2. The molecule has 0 unspecified atom stereocenters. The molecule has 0 aliphatic heterocycles. The third-order valence-electron chi connectivity index (χ3n) is 4.94. The summed E-state index contributed by atoms with van der Waals surface area (Å²) in [7, 11) is 1.83. The van der Waals surface area contributed by atoms with Crippen LogP contribution in [-0.4, -0.2) is 34.4 Å². The van der Waals surface area contributed by atoms with Crippen molar-refractivity contribution in [3.63, 3.8) is 0 Å². The number of halogens is 2. The first kappa shape index (κ1) is 20.3. The van der Waals surface area contributed by atoms with E-state index < -0.39 is 0 Å². The van der Waals surface area contributed by atoms with Crippen LogP contribution in [-0.2, 0) is 24.2 Å². The molecule has 0 bridgehead atoms. The van der Waals surface area contributed by atoms with E-state index in [2.05, 4.69) is 10.3 Å². The lowest BCUT2D eigenvalue weighted by molar-refractivity contribution is -0.117. The zero-order chi connectivity index (χ0) is 20.5. The molecule has 1 amide bonds. The Morgan fingerprint density at radius 3 is 2.72 bits per heavy atom. The standard InChI is InChI=1S/C20H21Cl2N5OS/c1-27(10-16(28)26-18-12(21)6-4-7-13(18)22)9-15-24-19(23)17-11-5-2-3-8-14(11)29-20(17)25-15/h4,6-7H,2-3,5,8-10H2,1H3,(H,26,28)(H2,23,24,25). The van der Waals surface area contributed by atoms with Crippen LogP contribution in [0.4, 0.5) is 11.5 Å². The van der Waals surface area contributed by atoms with E-state index in [0.717, 1.165) is 23.1 Å². The minimum Gasteiger partial charge on any atom is -0.383 e. The first-order chi connectivity index (χ1) is 13.9. The summed E-state index contributed by atoms with van der Waals surface area (Å²) in [5, 5.41) is 4.58. The molecular weight excluding hydrogens is 429 g/mol. The zero-order valence-electron chi connectivity index (χ0n) is 16.0. The molecule has 6 nitrogen and oxygen atoms in total. The maximum atomic E-state index is 12.4. The molecule has 3 aromatic rings. The summed E-state index contributed by atoms with van der Waals surface area (Å²) in [6.07, 6.45) is 4.55. The Labute approximate surface area is 183 Å². The Kier molecular flexibility index (Phi) is 5.92. The van der Waals surface area contributed by atoms with Crippen molar-refractivity contribution < 1.29 is 4.79 Å². The number of para-hydroxylation sites is 1. The van der Waals surface area contributed by atoms with Gasteiger partial charge in [-0.15, -0.1) is 11.3 Å². The second-order valence-electron chi connectivity index (χ2n) is 7.23. The van der Waals surface area contributed by atoms with E-state index in [-0.39, 0.29) is 12.5 Å². The van der Waals surface area contributed by atoms with Crippen LogP contribution in [0, 0.1) is 0 Å². The first-order valence-electron chi connectivity index (χ1n) is 9.41. The van der Waals surface area contributed by atoms with Crippen LogP contribution < -0.4 is 11.1 Å². The van der Waals surface area contributed by atoms with E-state index in [4.69, 9.17) is 33.9 Å². The highest BCUT2D eigenvalue weighted by molar-refractivity contribution is 7.19. The van der Waals surface area contributed by atoms with Gasteiger partial charge in [0.25, 0.3) is 0 Å². The number of thiophene rings is 1. The number of nitrogens with zero attached hydrogens (tertiary/aromatic N) is 3. The molecule has 0 atom stereocenters. The summed E-state index contributed by atoms with van der Waals surface area (Å²) in [6.45, 7) is 0.552. The smallest absolute Gasteiger partial charge is 0.238 e. The number of hydrogen-bond donors (Lipinski definition) is 2. The van der Waals surface area contributed by atoms with Gasteiger partial charge in [-0.2, -0.15) is 0 Å². The van der Waals surface area contributed by atoms with Crippen LogP contribution in [0.25, 0.3) is 10.2 Å². The van der Waals surface area contributed by atoms with Crippen molar-refractivity contribution in [3.8, 4) is 0 Å². The van der Waals surface area contributed by atoms with Crippen molar-refractivity contribution in [1.82, 2.24) is 14.9 Å². The maximum Gasteiger partial charge on any atom is 0.238 e. The number of likely N-dealkylation sites (N-methyl/N-ethyl adjacent to an activating group) is 1. The molecule has 1 aliphatic rings. The van der Waals surface area contributed by atoms with Gasteiger partial charge in [0.2, 0.25) is 5.91 Å². The van der Waals surface area contributed by atoms with Gasteiger partial charge in [0.15, 0.2) is 0 Å². The Hall–Kier alpha value is -1.93. The highest BCUT2D eigenvalue weighted by Gasteiger charge is 2.20. The second-order valence-corrected chi connectivity index (χ2v) is 9.13. The minimum atomic E-state index is -0.219. The maximum absolute atomic E-state index is 12.4. The Bertz CT molecular complexity index is 1060. The molecule has 3 N–H and O–H groups in total. The van der Waals surface area contributed by atoms with Crippen LogP contribution in [0.5, 0.6) is 0 Å². The zero-order valence-corrected chi connectivity index (χ0v) is 18.3. The number of aromatic nitrogens is 2. The van der Waals surface area contributed by atoms with E-state index in [0.29, 0.717) is 33.9 Å². The highest BCUT2D eigenvalue weighted by atomic mass is 35.5. The monoisotopic (exact) mass is 449 g/mol. The number of fused-ring (bicyclic) bond motifs is 3. The molecular formula is C20H21Cl2N5OS. The minimum absolute atomic E-state index is 0.143. The molecule has 0 fully saturated rings. The van der Waals surface area contributed by atoms with Crippen molar-refractivity contribution >= 4 is 62.2 Å². The lowest BCUT2D eigenvalue weighted by atomic mass is 9.97. The molecule has 2 aromatic heterocycles. The van der Waals surface area contributed by atoms with Gasteiger partial charge in [0.1, 0.15) is 16.5 Å². The summed E-state index contributed by atoms with van der Waals surface area (Å²) in [6, 6.07) is 5.09. The number of nitrogens with one attached hydrogen (secondary N) is 1. The van der Waals surface area contributed by atoms with Gasteiger partial charge in [-0.25, -0.2) is 9.97 Å². The number of carbonyl (C=O) groups excluding carboxylic acids is 1. The van der Waals surface area contributed by atoms with Crippen molar-refractivity contribution in [1.29, 1.82) is 0 Å². The lowest BCUT2D eigenvalue weighted by Crippen LogP contribution is -2.30. The van der Waals surface area contributed by atoms with E-state index in [9.17, 15) is 4.79 Å². The summed E-state index contributed by atoms with van der Waals surface area (Å²) >= 11 is 13.9. The van der Waals surface area contributed by atoms with Gasteiger partial charge >= 0.3 is 0 Å².